The van der Waals surface area contributed by atoms with E-state index in [1.807, 2.05) is 0 Å². The van der Waals surface area contributed by atoms with Gasteiger partial charge in [-0.2, -0.15) is 0 Å². The van der Waals surface area contributed by atoms with E-state index in [-0.39, 0.29) is 16.6 Å². The quantitative estimate of drug-likeness (QED) is 0.878. The Morgan fingerprint density at radius 1 is 1.04 bits per heavy atom. The minimum absolute atomic E-state index is 0.196. The molecule has 1 aromatic carbocycles. The lowest BCUT2D eigenvalue weighted by Crippen LogP contribution is -2.64. The van der Waals surface area contributed by atoms with Crippen LogP contribution in [0.25, 0.3) is 0 Å². The predicted octanol–water partition coefficient (Wildman–Crippen LogP) is 4.16. The zero-order chi connectivity index (χ0) is 16.3. The van der Waals surface area contributed by atoms with E-state index in [9.17, 15) is 5.11 Å². The second-order valence-corrected chi connectivity index (χ2v) is 9.77. The monoisotopic (exact) mass is 313 g/mol. The van der Waals surface area contributed by atoms with Gasteiger partial charge in [0.15, 0.2) is 0 Å². The maximum atomic E-state index is 10.9. The summed E-state index contributed by atoms with van der Waals surface area (Å²) in [5.74, 6) is 1.49. The topological polar surface area (TPSA) is 32.3 Å². The van der Waals surface area contributed by atoms with Gasteiger partial charge in [-0.15, -0.1) is 0 Å². The van der Waals surface area contributed by atoms with Gasteiger partial charge in [0.05, 0.1) is 5.60 Å². The molecule has 0 spiro atoms. The molecule has 4 aliphatic carbocycles. The highest BCUT2D eigenvalue weighted by Crippen LogP contribution is 2.57. The van der Waals surface area contributed by atoms with Crippen molar-refractivity contribution >= 4 is 0 Å². The fourth-order valence-electron chi connectivity index (χ4n) is 5.83. The molecule has 126 valence electrons. The molecular weight excluding hydrogens is 282 g/mol. The zero-order valence-corrected chi connectivity index (χ0v) is 14.9. The van der Waals surface area contributed by atoms with Gasteiger partial charge in [0, 0.05) is 12.1 Å². The van der Waals surface area contributed by atoms with Crippen LogP contribution >= 0.6 is 0 Å². The molecule has 1 aromatic rings. The van der Waals surface area contributed by atoms with E-state index in [0.29, 0.717) is 0 Å². The van der Waals surface area contributed by atoms with Gasteiger partial charge in [-0.05, 0) is 66.9 Å². The van der Waals surface area contributed by atoms with Crippen LogP contribution < -0.4 is 5.32 Å². The third-order valence-electron chi connectivity index (χ3n) is 6.52. The number of aliphatic hydroxyl groups is 1. The molecule has 23 heavy (non-hydrogen) atoms. The highest BCUT2D eigenvalue weighted by molar-refractivity contribution is 5.27. The van der Waals surface area contributed by atoms with E-state index in [2.05, 4.69) is 50.4 Å². The van der Waals surface area contributed by atoms with E-state index >= 15 is 0 Å². The van der Waals surface area contributed by atoms with Crippen molar-refractivity contribution < 1.29 is 5.11 Å². The van der Waals surface area contributed by atoms with Gasteiger partial charge >= 0.3 is 0 Å². The van der Waals surface area contributed by atoms with Crippen LogP contribution in [0.5, 0.6) is 0 Å². The Hall–Kier alpha value is -0.860. The highest BCUT2D eigenvalue weighted by atomic mass is 16.3. The van der Waals surface area contributed by atoms with Gasteiger partial charge in [0.2, 0.25) is 0 Å². The van der Waals surface area contributed by atoms with Gasteiger partial charge < -0.3 is 10.4 Å². The Bertz CT molecular complexity index is 569. The van der Waals surface area contributed by atoms with Crippen LogP contribution in [0.15, 0.2) is 24.3 Å². The van der Waals surface area contributed by atoms with Crippen molar-refractivity contribution in [3.63, 3.8) is 0 Å². The van der Waals surface area contributed by atoms with Crippen molar-refractivity contribution in [1.82, 2.24) is 5.32 Å². The molecule has 0 radical (unpaired) electrons. The Labute approximate surface area is 140 Å². The van der Waals surface area contributed by atoms with Gasteiger partial charge in [0.1, 0.15) is 0 Å². The molecule has 2 N–H and O–H groups in total. The van der Waals surface area contributed by atoms with Crippen LogP contribution in [0.2, 0.25) is 0 Å². The van der Waals surface area contributed by atoms with E-state index in [1.165, 1.54) is 30.4 Å². The normalized spacial score (nSPS) is 39.0. The van der Waals surface area contributed by atoms with Crippen LogP contribution in [-0.4, -0.2) is 16.2 Å². The van der Waals surface area contributed by atoms with E-state index in [4.69, 9.17) is 0 Å². The molecule has 0 saturated heterocycles. The van der Waals surface area contributed by atoms with Crippen LogP contribution in [0, 0.1) is 11.8 Å². The molecule has 0 aromatic heterocycles. The van der Waals surface area contributed by atoms with Crippen LogP contribution in [0.3, 0.4) is 0 Å². The molecule has 2 heteroatoms. The molecule has 4 aliphatic rings. The van der Waals surface area contributed by atoms with Crippen molar-refractivity contribution in [1.29, 1.82) is 0 Å². The highest BCUT2D eigenvalue weighted by Gasteiger charge is 2.56. The average Bonchev–Trinajstić information content (AvgIpc) is 2.42. The maximum Gasteiger partial charge on any atom is 0.0670 e. The standard InChI is InChI=1S/C21H31NO/c1-19(2,3)18-6-4-15(5-7-18)13-22-20-9-16-8-17(10-20)12-21(23,11-16)14-20/h4-7,16-17,22-23H,8-14H2,1-3H3. The summed E-state index contributed by atoms with van der Waals surface area (Å²) in [6.07, 6.45) is 6.96. The number of hydrogen-bond acceptors (Lipinski definition) is 2. The van der Waals surface area contributed by atoms with Gasteiger partial charge in [-0.25, -0.2) is 0 Å². The molecule has 2 nitrogen and oxygen atoms in total. The Morgan fingerprint density at radius 3 is 2.17 bits per heavy atom. The maximum absolute atomic E-state index is 10.9. The fourth-order valence-corrected chi connectivity index (χ4v) is 5.83. The molecule has 0 aliphatic heterocycles. The first-order valence-corrected chi connectivity index (χ1v) is 9.32. The second kappa shape index (κ2) is 5.07. The molecule has 4 fully saturated rings. The first-order chi connectivity index (χ1) is 10.8. The minimum atomic E-state index is -0.368. The summed E-state index contributed by atoms with van der Waals surface area (Å²) >= 11 is 0. The lowest BCUT2D eigenvalue weighted by molar-refractivity contribution is -0.142. The van der Waals surface area contributed by atoms with Gasteiger partial charge in [-0.1, -0.05) is 45.0 Å². The summed E-state index contributed by atoms with van der Waals surface area (Å²) in [5, 5.41) is 14.7. The molecule has 4 bridgehead atoms. The average molecular weight is 313 g/mol. The van der Waals surface area contributed by atoms with Crippen LogP contribution in [0.1, 0.15) is 70.4 Å². The first-order valence-electron chi connectivity index (χ1n) is 9.32. The Kier molecular flexibility index (Phi) is 3.45. The van der Waals surface area contributed by atoms with Crippen molar-refractivity contribution in [2.24, 2.45) is 11.8 Å². The minimum Gasteiger partial charge on any atom is -0.390 e. The largest absolute Gasteiger partial charge is 0.390 e. The summed E-state index contributed by atoms with van der Waals surface area (Å²) in [6, 6.07) is 9.07. The predicted molar refractivity (Wildman–Crippen MR) is 94.3 cm³/mol. The lowest BCUT2D eigenvalue weighted by Gasteiger charge is -2.60. The Morgan fingerprint density at radius 2 is 1.65 bits per heavy atom. The van der Waals surface area contributed by atoms with E-state index in [1.54, 1.807) is 0 Å². The van der Waals surface area contributed by atoms with Gasteiger partial charge in [0.25, 0.3) is 0 Å². The molecular formula is C21H31NO. The summed E-state index contributed by atoms with van der Waals surface area (Å²) in [5.41, 5.74) is 2.80. The summed E-state index contributed by atoms with van der Waals surface area (Å²) in [7, 11) is 0. The second-order valence-electron chi connectivity index (χ2n) is 9.77. The number of rotatable bonds is 3. The van der Waals surface area contributed by atoms with E-state index in [0.717, 1.165) is 37.6 Å². The Balaban J connectivity index is 1.45. The number of benzene rings is 1. The smallest absolute Gasteiger partial charge is 0.0670 e. The molecule has 2 atom stereocenters. The van der Waals surface area contributed by atoms with Crippen LogP contribution in [-0.2, 0) is 12.0 Å². The first kappa shape index (κ1) is 15.7. The lowest BCUT2D eigenvalue weighted by atomic mass is 9.51. The van der Waals surface area contributed by atoms with Crippen molar-refractivity contribution in [3.8, 4) is 0 Å². The summed E-state index contributed by atoms with van der Waals surface area (Å²) in [4.78, 5) is 0. The molecule has 2 unspecified atom stereocenters. The zero-order valence-electron chi connectivity index (χ0n) is 14.9. The summed E-state index contributed by atoms with van der Waals surface area (Å²) in [6.45, 7) is 7.71. The van der Waals surface area contributed by atoms with Crippen molar-refractivity contribution in [3.05, 3.63) is 35.4 Å². The van der Waals surface area contributed by atoms with Crippen LogP contribution in [0.4, 0.5) is 0 Å². The molecule has 0 heterocycles. The van der Waals surface area contributed by atoms with Gasteiger partial charge in [-0.3, -0.25) is 0 Å². The third-order valence-corrected chi connectivity index (χ3v) is 6.52. The number of nitrogens with one attached hydrogen (secondary N) is 1. The van der Waals surface area contributed by atoms with E-state index < -0.39 is 0 Å². The summed E-state index contributed by atoms with van der Waals surface area (Å²) < 4.78 is 0. The molecule has 4 saturated carbocycles. The molecule has 0 amide bonds. The fraction of sp³-hybridized carbons (Fsp3) is 0.714. The van der Waals surface area contributed by atoms with Crippen molar-refractivity contribution in [2.75, 3.05) is 0 Å². The molecule has 5 rings (SSSR count). The number of hydrogen-bond donors (Lipinski definition) is 2. The van der Waals surface area contributed by atoms with Crippen molar-refractivity contribution in [2.45, 2.75) is 82.4 Å². The SMILES string of the molecule is CC(C)(C)c1ccc(CNC23CC4CC(CC(O)(C4)C2)C3)cc1. The third kappa shape index (κ3) is 2.96.